The van der Waals surface area contributed by atoms with Crippen LogP contribution in [-0.4, -0.2) is 38.5 Å². The van der Waals surface area contributed by atoms with Crippen LogP contribution in [0, 0.1) is 10.1 Å². The van der Waals surface area contributed by atoms with Crippen molar-refractivity contribution in [1.82, 2.24) is 14.8 Å². The molecule has 150 valence electrons. The Bertz CT molecular complexity index is 1040. The van der Waals surface area contributed by atoms with E-state index < -0.39 is 4.92 Å². The van der Waals surface area contributed by atoms with Crippen molar-refractivity contribution < 1.29 is 14.5 Å². The van der Waals surface area contributed by atoms with E-state index in [2.05, 4.69) is 15.5 Å². The number of thioether (sulfide) groups is 1. The number of benzene rings is 2. The molecule has 3 aromatic rings. The standard InChI is InChI=1S/C19H19N5O4S/c1-3-23-18(13-6-4-9-16(10-13)28-2)21-22-19(23)29-12-17(25)20-14-7-5-8-15(11-14)24(26)27/h4-11H,3,12H2,1-2H3,(H,20,25). The van der Waals surface area contributed by atoms with Crippen molar-refractivity contribution in [2.75, 3.05) is 18.2 Å². The van der Waals surface area contributed by atoms with Crippen molar-refractivity contribution in [3.05, 3.63) is 58.6 Å². The highest BCUT2D eigenvalue weighted by Crippen LogP contribution is 2.26. The normalized spacial score (nSPS) is 10.6. The molecular formula is C19H19N5O4S. The molecule has 0 spiro atoms. The summed E-state index contributed by atoms with van der Waals surface area (Å²) < 4.78 is 7.17. The number of anilines is 1. The number of amides is 1. The number of nitrogens with zero attached hydrogens (tertiary/aromatic N) is 4. The van der Waals surface area contributed by atoms with Gasteiger partial charge in [-0.25, -0.2) is 0 Å². The minimum atomic E-state index is -0.506. The summed E-state index contributed by atoms with van der Waals surface area (Å²) in [6.07, 6.45) is 0. The lowest BCUT2D eigenvalue weighted by Gasteiger charge is -2.08. The molecule has 29 heavy (non-hydrogen) atoms. The van der Waals surface area contributed by atoms with Crippen molar-refractivity contribution in [2.45, 2.75) is 18.6 Å². The topological polar surface area (TPSA) is 112 Å². The first kappa shape index (κ1) is 20.3. The maximum Gasteiger partial charge on any atom is 0.271 e. The maximum atomic E-state index is 12.3. The fourth-order valence-corrected chi connectivity index (χ4v) is 3.48. The molecule has 1 aromatic heterocycles. The Morgan fingerprint density at radius 3 is 2.76 bits per heavy atom. The summed E-state index contributed by atoms with van der Waals surface area (Å²) in [5, 5.41) is 22.6. The number of nitrogens with one attached hydrogen (secondary N) is 1. The highest BCUT2D eigenvalue weighted by atomic mass is 32.2. The van der Waals surface area contributed by atoms with Crippen LogP contribution in [0.3, 0.4) is 0 Å². The summed E-state index contributed by atoms with van der Waals surface area (Å²) in [4.78, 5) is 22.6. The van der Waals surface area contributed by atoms with E-state index in [0.717, 1.165) is 11.3 Å². The van der Waals surface area contributed by atoms with Crippen LogP contribution in [0.1, 0.15) is 6.92 Å². The fourth-order valence-electron chi connectivity index (χ4n) is 2.68. The largest absolute Gasteiger partial charge is 0.497 e. The molecule has 0 atom stereocenters. The Morgan fingerprint density at radius 2 is 2.03 bits per heavy atom. The average Bonchev–Trinajstić information content (AvgIpc) is 3.15. The van der Waals surface area contributed by atoms with Crippen molar-refractivity contribution in [3.8, 4) is 17.1 Å². The molecule has 0 aliphatic heterocycles. The molecule has 0 saturated carbocycles. The lowest BCUT2D eigenvalue weighted by Crippen LogP contribution is -2.14. The van der Waals surface area contributed by atoms with Gasteiger partial charge in [-0.05, 0) is 25.1 Å². The van der Waals surface area contributed by atoms with E-state index in [1.165, 1.54) is 30.0 Å². The van der Waals surface area contributed by atoms with Gasteiger partial charge in [-0.3, -0.25) is 14.9 Å². The number of ether oxygens (including phenoxy) is 1. The van der Waals surface area contributed by atoms with E-state index in [1.54, 1.807) is 13.2 Å². The number of non-ortho nitro benzene ring substituents is 1. The quantitative estimate of drug-likeness (QED) is 0.341. The van der Waals surface area contributed by atoms with Gasteiger partial charge in [-0.15, -0.1) is 10.2 Å². The third-order valence-electron chi connectivity index (χ3n) is 4.03. The summed E-state index contributed by atoms with van der Waals surface area (Å²) in [7, 11) is 1.60. The van der Waals surface area contributed by atoms with Crippen LogP contribution in [-0.2, 0) is 11.3 Å². The zero-order valence-corrected chi connectivity index (χ0v) is 16.7. The minimum absolute atomic E-state index is 0.0795. The summed E-state index contributed by atoms with van der Waals surface area (Å²) in [6, 6.07) is 13.3. The van der Waals surface area contributed by atoms with Crippen molar-refractivity contribution in [3.63, 3.8) is 0 Å². The van der Waals surface area contributed by atoms with Crippen LogP contribution in [0.25, 0.3) is 11.4 Å². The molecule has 0 fully saturated rings. The van der Waals surface area contributed by atoms with Gasteiger partial charge in [0.15, 0.2) is 11.0 Å². The second-order valence-corrected chi connectivity index (χ2v) is 6.87. The van der Waals surface area contributed by atoms with E-state index in [-0.39, 0.29) is 17.3 Å². The third-order valence-corrected chi connectivity index (χ3v) is 5.00. The van der Waals surface area contributed by atoms with Gasteiger partial charge in [0.05, 0.1) is 17.8 Å². The van der Waals surface area contributed by atoms with E-state index >= 15 is 0 Å². The van der Waals surface area contributed by atoms with Gasteiger partial charge in [0.25, 0.3) is 5.69 Å². The second kappa shape index (κ2) is 9.20. The molecule has 2 aromatic carbocycles. The molecule has 1 heterocycles. The smallest absolute Gasteiger partial charge is 0.271 e. The highest BCUT2D eigenvalue weighted by Gasteiger charge is 2.15. The molecule has 1 N–H and O–H groups in total. The number of nitro groups is 1. The molecule has 10 heteroatoms. The Balaban J connectivity index is 1.69. The number of hydrogen-bond acceptors (Lipinski definition) is 7. The van der Waals surface area contributed by atoms with Crippen LogP contribution < -0.4 is 10.1 Å². The van der Waals surface area contributed by atoms with Gasteiger partial charge in [-0.1, -0.05) is 30.0 Å². The van der Waals surface area contributed by atoms with Gasteiger partial charge in [0, 0.05) is 29.9 Å². The lowest BCUT2D eigenvalue weighted by molar-refractivity contribution is -0.384. The van der Waals surface area contributed by atoms with E-state index in [9.17, 15) is 14.9 Å². The van der Waals surface area contributed by atoms with Crippen molar-refractivity contribution in [1.29, 1.82) is 0 Å². The molecule has 0 aliphatic carbocycles. The van der Waals surface area contributed by atoms with Crippen LogP contribution >= 0.6 is 11.8 Å². The number of carbonyl (C=O) groups excluding carboxylic acids is 1. The monoisotopic (exact) mass is 413 g/mol. The Morgan fingerprint density at radius 1 is 1.24 bits per heavy atom. The zero-order valence-electron chi connectivity index (χ0n) is 15.9. The molecule has 1 amide bonds. The van der Waals surface area contributed by atoms with Gasteiger partial charge >= 0.3 is 0 Å². The Labute approximate surface area is 171 Å². The van der Waals surface area contributed by atoms with E-state index in [1.807, 2.05) is 35.8 Å². The third kappa shape index (κ3) is 4.91. The Hall–Kier alpha value is -3.40. The van der Waals surface area contributed by atoms with Crippen molar-refractivity contribution in [2.24, 2.45) is 0 Å². The van der Waals surface area contributed by atoms with Crippen LogP contribution in [0.2, 0.25) is 0 Å². The number of methoxy groups -OCH3 is 1. The zero-order chi connectivity index (χ0) is 20.8. The molecule has 3 rings (SSSR count). The highest BCUT2D eigenvalue weighted by molar-refractivity contribution is 7.99. The van der Waals surface area contributed by atoms with Gasteiger partial charge in [0.2, 0.25) is 5.91 Å². The van der Waals surface area contributed by atoms with E-state index in [4.69, 9.17) is 4.74 Å². The molecule has 0 unspecified atom stereocenters. The number of carbonyl (C=O) groups is 1. The first-order valence-corrected chi connectivity index (χ1v) is 9.75. The lowest BCUT2D eigenvalue weighted by atomic mass is 10.2. The minimum Gasteiger partial charge on any atom is -0.497 e. The molecular weight excluding hydrogens is 394 g/mol. The first-order valence-electron chi connectivity index (χ1n) is 8.76. The van der Waals surface area contributed by atoms with Gasteiger partial charge in [0.1, 0.15) is 5.75 Å². The SMILES string of the molecule is CCn1c(SCC(=O)Nc2cccc([N+](=O)[O-])c2)nnc1-c1cccc(OC)c1. The summed E-state index contributed by atoms with van der Waals surface area (Å²) in [5.41, 5.74) is 1.16. The maximum absolute atomic E-state index is 12.3. The molecule has 0 radical (unpaired) electrons. The summed E-state index contributed by atoms with van der Waals surface area (Å²) in [5.74, 6) is 1.22. The molecule has 9 nitrogen and oxygen atoms in total. The Kier molecular flexibility index (Phi) is 6.45. The molecule has 0 aliphatic rings. The number of hydrogen-bond donors (Lipinski definition) is 1. The van der Waals surface area contributed by atoms with Gasteiger partial charge in [-0.2, -0.15) is 0 Å². The molecule has 0 saturated heterocycles. The average molecular weight is 413 g/mol. The van der Waals surface area contributed by atoms with Crippen molar-refractivity contribution >= 4 is 29.0 Å². The summed E-state index contributed by atoms with van der Waals surface area (Å²) >= 11 is 1.25. The van der Waals surface area contributed by atoms with E-state index in [0.29, 0.717) is 23.2 Å². The second-order valence-electron chi connectivity index (χ2n) is 5.93. The van der Waals surface area contributed by atoms with Crippen LogP contribution in [0.5, 0.6) is 5.75 Å². The number of aromatic nitrogens is 3. The van der Waals surface area contributed by atoms with Crippen LogP contribution in [0.15, 0.2) is 53.7 Å². The first-order chi connectivity index (χ1) is 14.0. The summed E-state index contributed by atoms with van der Waals surface area (Å²) in [6.45, 7) is 2.61. The fraction of sp³-hybridized carbons (Fsp3) is 0.211. The van der Waals surface area contributed by atoms with Crippen LogP contribution in [0.4, 0.5) is 11.4 Å². The van der Waals surface area contributed by atoms with Gasteiger partial charge < -0.3 is 14.6 Å². The number of nitro benzene ring substituents is 1. The predicted octanol–water partition coefficient (Wildman–Crippen LogP) is 3.61. The predicted molar refractivity (Wildman–Crippen MR) is 110 cm³/mol. The molecule has 0 bridgehead atoms. The number of rotatable bonds is 8.